The summed E-state index contributed by atoms with van der Waals surface area (Å²) in [6.45, 7) is 0.199. The molecule has 5 nitrogen and oxygen atoms in total. The van der Waals surface area contributed by atoms with E-state index in [0.717, 1.165) is 10.9 Å². The van der Waals surface area contributed by atoms with E-state index < -0.39 is 7.12 Å². The number of nitrogens with zero attached hydrogens (tertiary/aromatic N) is 1. The van der Waals surface area contributed by atoms with Gasteiger partial charge in [0.25, 0.3) is 5.91 Å². The molecule has 0 unspecified atom stereocenters. The van der Waals surface area contributed by atoms with Gasteiger partial charge in [0, 0.05) is 22.8 Å². The molecule has 0 saturated heterocycles. The molecule has 1 amide bonds. The summed E-state index contributed by atoms with van der Waals surface area (Å²) >= 11 is 0. The van der Waals surface area contributed by atoms with Crippen LogP contribution in [0.15, 0.2) is 72.9 Å². The van der Waals surface area contributed by atoms with Gasteiger partial charge in [0.05, 0.1) is 17.8 Å². The topological polar surface area (TPSA) is 63.5 Å². The highest BCUT2D eigenvalue weighted by Crippen LogP contribution is 2.26. The summed E-state index contributed by atoms with van der Waals surface area (Å²) in [6, 6.07) is 19.3. The Hall–Kier alpha value is -3.42. The Kier molecular flexibility index (Phi) is 4.19. The van der Waals surface area contributed by atoms with Crippen molar-refractivity contribution >= 4 is 35.1 Å². The second kappa shape index (κ2) is 6.88. The number of aromatic nitrogens is 1. The lowest BCUT2D eigenvalue weighted by molar-refractivity contribution is 0.102. The van der Waals surface area contributed by atoms with Crippen LogP contribution < -0.4 is 10.8 Å². The molecular weight excluding hydrogens is 370 g/mol. The number of benzene rings is 3. The molecule has 0 fully saturated rings. The number of anilines is 1. The zero-order valence-electron chi connectivity index (χ0n) is 15.3. The average molecular weight is 386 g/mol. The molecule has 0 spiro atoms. The number of carbonyl (C=O) groups is 1. The molecule has 0 radical (unpaired) electrons. The Balaban J connectivity index is 1.49. The van der Waals surface area contributed by atoms with E-state index in [1.54, 1.807) is 35.0 Å². The highest BCUT2D eigenvalue weighted by atomic mass is 19.1. The standard InChI is InChI=1S/C22H16BFN2O3/c24-19-11-16-13-29-23(28)18(16)12-21(19)26-9-8-15-10-17(6-7-20(15)26)25-22(27)14-4-2-1-3-5-14/h1-12,28H,13H2,(H,25,27). The van der Waals surface area contributed by atoms with Crippen LogP contribution in [0.5, 0.6) is 0 Å². The zero-order valence-corrected chi connectivity index (χ0v) is 15.3. The highest BCUT2D eigenvalue weighted by Gasteiger charge is 2.29. The van der Waals surface area contributed by atoms with Crippen molar-refractivity contribution in [2.45, 2.75) is 6.61 Å². The molecule has 1 aliphatic rings. The Morgan fingerprint density at radius 2 is 1.93 bits per heavy atom. The van der Waals surface area contributed by atoms with Gasteiger partial charge in [0.1, 0.15) is 5.82 Å². The Morgan fingerprint density at radius 1 is 1.10 bits per heavy atom. The molecule has 3 aromatic carbocycles. The van der Waals surface area contributed by atoms with Crippen LogP contribution >= 0.6 is 0 Å². The maximum absolute atomic E-state index is 14.7. The van der Waals surface area contributed by atoms with Crippen LogP contribution in [0.25, 0.3) is 16.6 Å². The Labute approximate surface area is 166 Å². The summed E-state index contributed by atoms with van der Waals surface area (Å²) in [5, 5.41) is 13.7. The summed E-state index contributed by atoms with van der Waals surface area (Å²) in [5.41, 5.74) is 3.59. The van der Waals surface area contributed by atoms with Crippen molar-refractivity contribution in [3.05, 3.63) is 89.9 Å². The molecule has 2 heterocycles. The van der Waals surface area contributed by atoms with Gasteiger partial charge in [-0.05, 0) is 59.6 Å². The van der Waals surface area contributed by atoms with E-state index >= 15 is 0 Å². The van der Waals surface area contributed by atoms with Crippen LogP contribution in [0.3, 0.4) is 0 Å². The van der Waals surface area contributed by atoms with Gasteiger partial charge in [-0.25, -0.2) is 4.39 Å². The summed E-state index contributed by atoms with van der Waals surface area (Å²) in [4.78, 5) is 12.4. The summed E-state index contributed by atoms with van der Waals surface area (Å²) in [7, 11) is -1.04. The van der Waals surface area contributed by atoms with Crippen molar-refractivity contribution in [1.82, 2.24) is 4.57 Å². The van der Waals surface area contributed by atoms with Gasteiger partial charge in [-0.3, -0.25) is 4.79 Å². The first-order valence-electron chi connectivity index (χ1n) is 9.20. The second-order valence-corrected chi connectivity index (χ2v) is 6.95. The molecule has 2 N–H and O–H groups in total. The van der Waals surface area contributed by atoms with Crippen LogP contribution in [0.4, 0.5) is 10.1 Å². The Bertz CT molecular complexity index is 1240. The Morgan fingerprint density at radius 3 is 2.76 bits per heavy atom. The molecule has 0 aliphatic carbocycles. The molecule has 142 valence electrons. The first-order valence-corrected chi connectivity index (χ1v) is 9.20. The third-order valence-electron chi connectivity index (χ3n) is 5.12. The number of halogens is 1. The van der Waals surface area contributed by atoms with E-state index in [-0.39, 0.29) is 18.3 Å². The third-order valence-corrected chi connectivity index (χ3v) is 5.12. The number of amides is 1. The number of hydrogen-bond donors (Lipinski definition) is 2. The first-order chi connectivity index (χ1) is 14.1. The minimum Gasteiger partial charge on any atom is -0.423 e. The van der Waals surface area contributed by atoms with Crippen molar-refractivity contribution in [1.29, 1.82) is 0 Å². The lowest BCUT2D eigenvalue weighted by atomic mass is 9.79. The molecule has 5 rings (SSSR count). The van der Waals surface area contributed by atoms with Gasteiger partial charge in [0.2, 0.25) is 0 Å². The minimum absolute atomic E-state index is 0.192. The van der Waals surface area contributed by atoms with Crippen molar-refractivity contribution in [2.24, 2.45) is 0 Å². The number of fused-ring (bicyclic) bond motifs is 2. The summed E-state index contributed by atoms with van der Waals surface area (Å²) in [5.74, 6) is -0.580. The van der Waals surface area contributed by atoms with Gasteiger partial charge in [-0.2, -0.15) is 0 Å². The molecular formula is C22H16BFN2O3. The molecule has 0 atom stereocenters. The normalized spacial score (nSPS) is 13.0. The molecule has 0 saturated carbocycles. The fraction of sp³-hybridized carbons (Fsp3) is 0.0455. The van der Waals surface area contributed by atoms with Crippen LogP contribution in [-0.4, -0.2) is 22.6 Å². The van der Waals surface area contributed by atoms with Gasteiger partial charge in [-0.15, -0.1) is 0 Å². The van der Waals surface area contributed by atoms with Gasteiger partial charge < -0.3 is 19.6 Å². The predicted octanol–water partition coefficient (Wildman–Crippen LogP) is 3.24. The number of rotatable bonds is 3. The maximum atomic E-state index is 14.7. The van der Waals surface area contributed by atoms with E-state index in [1.807, 2.05) is 36.4 Å². The van der Waals surface area contributed by atoms with Crippen molar-refractivity contribution in [3.8, 4) is 5.69 Å². The zero-order chi connectivity index (χ0) is 20.0. The van der Waals surface area contributed by atoms with E-state index in [9.17, 15) is 14.2 Å². The highest BCUT2D eigenvalue weighted by molar-refractivity contribution is 6.61. The van der Waals surface area contributed by atoms with E-state index in [1.165, 1.54) is 6.07 Å². The van der Waals surface area contributed by atoms with E-state index in [4.69, 9.17) is 4.65 Å². The summed E-state index contributed by atoms with van der Waals surface area (Å²) in [6.07, 6.45) is 1.76. The largest absolute Gasteiger partial charge is 0.491 e. The van der Waals surface area contributed by atoms with Gasteiger partial charge >= 0.3 is 7.12 Å². The minimum atomic E-state index is -1.04. The number of hydrogen-bond acceptors (Lipinski definition) is 3. The first kappa shape index (κ1) is 17.7. The lowest BCUT2D eigenvalue weighted by Crippen LogP contribution is -2.28. The lowest BCUT2D eigenvalue weighted by Gasteiger charge is -2.10. The molecule has 7 heteroatoms. The third kappa shape index (κ3) is 3.10. The van der Waals surface area contributed by atoms with Crippen molar-refractivity contribution < 1.29 is 18.9 Å². The smallest absolute Gasteiger partial charge is 0.423 e. The van der Waals surface area contributed by atoms with Crippen LogP contribution in [0.2, 0.25) is 0 Å². The van der Waals surface area contributed by atoms with Gasteiger partial charge in [-0.1, -0.05) is 18.2 Å². The molecule has 1 aliphatic heterocycles. The van der Waals surface area contributed by atoms with Crippen LogP contribution in [-0.2, 0) is 11.3 Å². The van der Waals surface area contributed by atoms with E-state index in [0.29, 0.717) is 28.0 Å². The van der Waals surface area contributed by atoms with Crippen LogP contribution in [0.1, 0.15) is 15.9 Å². The average Bonchev–Trinajstić information content (AvgIpc) is 3.31. The molecule has 0 bridgehead atoms. The van der Waals surface area contributed by atoms with Gasteiger partial charge in [0.15, 0.2) is 0 Å². The van der Waals surface area contributed by atoms with E-state index in [2.05, 4.69) is 5.32 Å². The SMILES string of the molecule is O=C(Nc1ccc2c(ccn2-c2cc3c(cc2F)COB3O)c1)c1ccccc1. The predicted molar refractivity (Wildman–Crippen MR) is 110 cm³/mol. The van der Waals surface area contributed by atoms with Crippen molar-refractivity contribution in [2.75, 3.05) is 5.32 Å². The monoisotopic (exact) mass is 386 g/mol. The summed E-state index contributed by atoms with van der Waals surface area (Å²) < 4.78 is 21.6. The molecule has 4 aromatic rings. The van der Waals surface area contributed by atoms with Crippen molar-refractivity contribution in [3.63, 3.8) is 0 Å². The molecule has 1 aromatic heterocycles. The molecule has 29 heavy (non-hydrogen) atoms. The maximum Gasteiger partial charge on any atom is 0.491 e. The number of carbonyl (C=O) groups excluding carboxylic acids is 1. The quantitative estimate of drug-likeness (QED) is 0.532. The van der Waals surface area contributed by atoms with Crippen LogP contribution in [0, 0.1) is 5.82 Å². The number of nitrogens with one attached hydrogen (secondary N) is 1. The fourth-order valence-electron chi connectivity index (χ4n) is 3.64. The fourth-order valence-corrected chi connectivity index (χ4v) is 3.64. The second-order valence-electron chi connectivity index (χ2n) is 6.95.